The maximum absolute atomic E-state index is 12.5. The fourth-order valence-corrected chi connectivity index (χ4v) is 4.67. The quantitative estimate of drug-likeness (QED) is 0.590. The van der Waals surface area contributed by atoms with Crippen LogP contribution in [0, 0.1) is 0 Å². The SMILES string of the molecule is O=S(Nc1cccc2ccccc12)c1cc(Br)cc(Br)c1. The van der Waals surface area contributed by atoms with Gasteiger partial charge in [-0.3, -0.25) is 0 Å². The number of anilines is 1. The minimum absolute atomic E-state index is 0.712. The largest absolute Gasteiger partial charge is 0.301 e. The van der Waals surface area contributed by atoms with E-state index in [0.29, 0.717) is 4.90 Å². The highest BCUT2D eigenvalue weighted by Crippen LogP contribution is 2.26. The van der Waals surface area contributed by atoms with Gasteiger partial charge in [-0.05, 0) is 29.7 Å². The number of nitrogens with one attached hydrogen (secondary N) is 1. The maximum atomic E-state index is 12.5. The van der Waals surface area contributed by atoms with E-state index < -0.39 is 11.0 Å². The highest BCUT2D eigenvalue weighted by atomic mass is 79.9. The number of hydrogen-bond acceptors (Lipinski definition) is 1. The lowest BCUT2D eigenvalue weighted by molar-refractivity contribution is 0.686. The fraction of sp³-hybridized carbons (Fsp3) is 0. The standard InChI is InChI=1S/C16H11Br2NOS/c17-12-8-13(18)10-14(9-12)21(20)19-16-7-3-5-11-4-1-2-6-15(11)16/h1-10,19H. The molecule has 0 saturated heterocycles. The van der Waals surface area contributed by atoms with Crippen molar-refractivity contribution in [3.05, 3.63) is 69.6 Å². The third kappa shape index (κ3) is 3.36. The zero-order valence-corrected chi connectivity index (χ0v) is 14.8. The van der Waals surface area contributed by atoms with Crippen molar-refractivity contribution in [3.8, 4) is 0 Å². The number of benzene rings is 3. The molecule has 0 heterocycles. The second-order valence-corrected chi connectivity index (χ2v) is 7.55. The summed E-state index contributed by atoms with van der Waals surface area (Å²) < 4.78 is 17.4. The molecule has 5 heteroatoms. The molecule has 0 fully saturated rings. The van der Waals surface area contributed by atoms with Crippen LogP contribution in [0.15, 0.2) is 74.5 Å². The summed E-state index contributed by atoms with van der Waals surface area (Å²) in [7, 11) is -1.32. The van der Waals surface area contributed by atoms with Crippen LogP contribution in [-0.4, -0.2) is 4.21 Å². The molecular formula is C16H11Br2NOS. The van der Waals surface area contributed by atoms with Gasteiger partial charge in [0.15, 0.2) is 0 Å². The van der Waals surface area contributed by atoms with Crippen molar-refractivity contribution >= 4 is 59.3 Å². The molecule has 0 aliphatic rings. The van der Waals surface area contributed by atoms with Crippen LogP contribution in [0.2, 0.25) is 0 Å². The van der Waals surface area contributed by atoms with Crippen molar-refractivity contribution in [3.63, 3.8) is 0 Å². The van der Waals surface area contributed by atoms with Gasteiger partial charge in [-0.2, -0.15) is 0 Å². The van der Waals surface area contributed by atoms with Crippen LogP contribution in [-0.2, 0) is 11.0 Å². The third-order valence-corrected chi connectivity index (χ3v) is 5.03. The molecule has 2 nitrogen and oxygen atoms in total. The van der Waals surface area contributed by atoms with E-state index in [2.05, 4.69) is 36.6 Å². The van der Waals surface area contributed by atoms with Crippen molar-refractivity contribution in [1.29, 1.82) is 0 Å². The average Bonchev–Trinajstić information content (AvgIpc) is 2.46. The highest BCUT2D eigenvalue weighted by molar-refractivity contribution is 9.11. The molecule has 1 N–H and O–H groups in total. The van der Waals surface area contributed by atoms with Crippen LogP contribution in [0.25, 0.3) is 10.8 Å². The Morgan fingerprint density at radius 3 is 2.29 bits per heavy atom. The van der Waals surface area contributed by atoms with Crippen LogP contribution in [0.1, 0.15) is 0 Å². The van der Waals surface area contributed by atoms with Crippen LogP contribution in [0.5, 0.6) is 0 Å². The van der Waals surface area contributed by atoms with Gasteiger partial charge in [-0.15, -0.1) is 0 Å². The summed E-state index contributed by atoms with van der Waals surface area (Å²) in [6.45, 7) is 0. The third-order valence-electron chi connectivity index (χ3n) is 3.04. The lowest BCUT2D eigenvalue weighted by atomic mass is 10.1. The molecule has 0 aromatic heterocycles. The number of rotatable bonds is 3. The van der Waals surface area contributed by atoms with Gasteiger partial charge in [0, 0.05) is 14.3 Å². The van der Waals surface area contributed by atoms with Crippen LogP contribution in [0.4, 0.5) is 5.69 Å². The molecule has 1 atom stereocenters. The Kier molecular flexibility index (Phi) is 4.42. The van der Waals surface area contributed by atoms with Crippen molar-refractivity contribution in [2.45, 2.75) is 4.90 Å². The van der Waals surface area contributed by atoms with Crippen LogP contribution < -0.4 is 4.72 Å². The molecule has 0 aliphatic heterocycles. The van der Waals surface area contributed by atoms with Crippen LogP contribution >= 0.6 is 31.9 Å². The molecule has 0 saturated carbocycles. The van der Waals surface area contributed by atoms with Crippen molar-refractivity contribution in [2.24, 2.45) is 0 Å². The molecule has 0 bridgehead atoms. The Balaban J connectivity index is 1.96. The monoisotopic (exact) mass is 423 g/mol. The molecule has 0 radical (unpaired) electrons. The molecule has 1 unspecified atom stereocenters. The summed E-state index contributed by atoms with van der Waals surface area (Å²) in [5.41, 5.74) is 0.863. The summed E-state index contributed by atoms with van der Waals surface area (Å²) >= 11 is 6.83. The molecule has 0 spiro atoms. The van der Waals surface area contributed by atoms with Gasteiger partial charge >= 0.3 is 0 Å². The molecule has 0 amide bonds. The minimum atomic E-state index is -1.32. The predicted molar refractivity (Wildman–Crippen MR) is 95.8 cm³/mol. The number of halogens is 2. The zero-order valence-electron chi connectivity index (χ0n) is 10.8. The Morgan fingerprint density at radius 1 is 0.857 bits per heavy atom. The lowest BCUT2D eigenvalue weighted by Crippen LogP contribution is -2.05. The van der Waals surface area contributed by atoms with E-state index in [4.69, 9.17) is 0 Å². The molecule has 0 aliphatic carbocycles. The Labute approximate surface area is 142 Å². The van der Waals surface area contributed by atoms with Gasteiger partial charge in [0.05, 0.1) is 10.6 Å². The second-order valence-electron chi connectivity index (χ2n) is 4.50. The second kappa shape index (κ2) is 6.30. The Hall–Kier alpha value is -1.17. The average molecular weight is 425 g/mol. The van der Waals surface area contributed by atoms with E-state index in [1.165, 1.54) is 0 Å². The maximum Gasteiger partial charge on any atom is 0.150 e. The van der Waals surface area contributed by atoms with Gasteiger partial charge < -0.3 is 4.72 Å². The Morgan fingerprint density at radius 2 is 1.52 bits per heavy atom. The first kappa shape index (κ1) is 14.8. The lowest BCUT2D eigenvalue weighted by Gasteiger charge is -2.10. The van der Waals surface area contributed by atoms with Crippen LogP contribution in [0.3, 0.4) is 0 Å². The van der Waals surface area contributed by atoms with E-state index in [1.807, 2.05) is 60.7 Å². The summed E-state index contributed by atoms with van der Waals surface area (Å²) in [4.78, 5) is 0.712. The highest BCUT2D eigenvalue weighted by Gasteiger charge is 2.08. The normalized spacial score (nSPS) is 12.3. The Bertz CT molecular complexity index is 810. The molecular weight excluding hydrogens is 414 g/mol. The summed E-state index contributed by atoms with van der Waals surface area (Å²) in [5.74, 6) is 0. The van der Waals surface area contributed by atoms with Crippen molar-refractivity contribution in [2.75, 3.05) is 4.72 Å². The summed E-state index contributed by atoms with van der Waals surface area (Å²) in [6, 6.07) is 19.6. The van der Waals surface area contributed by atoms with E-state index in [9.17, 15) is 4.21 Å². The topological polar surface area (TPSA) is 29.1 Å². The van der Waals surface area contributed by atoms with Crippen molar-refractivity contribution < 1.29 is 4.21 Å². The first-order chi connectivity index (χ1) is 10.1. The number of hydrogen-bond donors (Lipinski definition) is 1. The van der Waals surface area contributed by atoms with Gasteiger partial charge in [0.1, 0.15) is 11.0 Å². The van der Waals surface area contributed by atoms with Crippen molar-refractivity contribution in [1.82, 2.24) is 0 Å². The first-order valence-corrected chi connectivity index (χ1v) is 8.99. The zero-order chi connectivity index (χ0) is 14.8. The fourth-order valence-electron chi connectivity index (χ4n) is 2.11. The van der Waals surface area contributed by atoms with E-state index in [1.54, 1.807) is 0 Å². The molecule has 3 aromatic carbocycles. The summed E-state index contributed by atoms with van der Waals surface area (Å²) in [6.07, 6.45) is 0. The molecule has 3 rings (SSSR count). The minimum Gasteiger partial charge on any atom is -0.301 e. The van der Waals surface area contributed by atoms with Gasteiger partial charge in [0.25, 0.3) is 0 Å². The van der Waals surface area contributed by atoms with E-state index in [0.717, 1.165) is 25.4 Å². The van der Waals surface area contributed by atoms with Gasteiger partial charge in [-0.25, -0.2) is 4.21 Å². The number of fused-ring (bicyclic) bond motifs is 1. The smallest absolute Gasteiger partial charge is 0.150 e. The van der Waals surface area contributed by atoms with Gasteiger partial charge in [0.2, 0.25) is 0 Å². The summed E-state index contributed by atoms with van der Waals surface area (Å²) in [5, 5.41) is 2.18. The first-order valence-electron chi connectivity index (χ1n) is 6.26. The molecule has 3 aromatic rings. The molecule has 21 heavy (non-hydrogen) atoms. The predicted octanol–water partition coefficient (Wildman–Crippen LogP) is 5.50. The molecule has 106 valence electrons. The van der Waals surface area contributed by atoms with Gasteiger partial charge in [-0.1, -0.05) is 68.3 Å². The van der Waals surface area contributed by atoms with E-state index in [-0.39, 0.29) is 0 Å². The van der Waals surface area contributed by atoms with E-state index >= 15 is 0 Å².